The van der Waals surface area contributed by atoms with Crippen molar-refractivity contribution >= 4 is 27.8 Å². The summed E-state index contributed by atoms with van der Waals surface area (Å²) in [6.07, 6.45) is 0.224. The van der Waals surface area contributed by atoms with Crippen LogP contribution < -0.4 is 5.32 Å². The second-order valence-corrected chi connectivity index (χ2v) is 6.85. The molecule has 0 aliphatic carbocycles. The third-order valence-corrected chi connectivity index (χ3v) is 3.20. The van der Waals surface area contributed by atoms with Crippen molar-refractivity contribution in [3.05, 3.63) is 34.3 Å². The molecule has 0 radical (unpaired) electrons. The molecule has 1 amide bonds. The molecule has 1 aromatic carbocycles. The Hall–Kier alpha value is -1.36. The Morgan fingerprint density at radius 1 is 1.29 bits per heavy atom. The Labute approximate surface area is 134 Å². The van der Waals surface area contributed by atoms with Crippen molar-refractivity contribution in [2.75, 3.05) is 0 Å². The average Bonchev–Trinajstić information content (AvgIpc) is 2.34. The highest BCUT2D eigenvalue weighted by molar-refractivity contribution is 9.10. The van der Waals surface area contributed by atoms with Gasteiger partial charge in [-0.25, -0.2) is 0 Å². The van der Waals surface area contributed by atoms with Gasteiger partial charge in [-0.2, -0.15) is 0 Å². The Bertz CT molecular complexity index is 508. The molecule has 1 atom stereocenters. The summed E-state index contributed by atoms with van der Waals surface area (Å²) in [6, 6.07) is 7.65. The normalized spacial score (nSPS) is 12.6. The number of carbonyl (C=O) groups excluding carboxylic acids is 2. The molecule has 1 unspecified atom stereocenters. The molecule has 21 heavy (non-hydrogen) atoms. The van der Waals surface area contributed by atoms with E-state index in [2.05, 4.69) is 21.2 Å². The molecule has 0 bridgehead atoms. The summed E-state index contributed by atoms with van der Waals surface area (Å²) >= 11 is 3.40. The number of esters is 1. The number of hydrogen-bond donors (Lipinski definition) is 1. The van der Waals surface area contributed by atoms with Crippen molar-refractivity contribution < 1.29 is 14.3 Å². The fourth-order valence-electron chi connectivity index (χ4n) is 1.78. The summed E-state index contributed by atoms with van der Waals surface area (Å²) in [4.78, 5) is 23.4. The zero-order chi connectivity index (χ0) is 16.0. The van der Waals surface area contributed by atoms with Crippen LogP contribution >= 0.6 is 15.9 Å². The van der Waals surface area contributed by atoms with Gasteiger partial charge in [-0.05, 0) is 45.4 Å². The Balaban J connectivity index is 2.42. The van der Waals surface area contributed by atoms with Crippen LogP contribution in [0.3, 0.4) is 0 Å². The van der Waals surface area contributed by atoms with Crippen molar-refractivity contribution in [3.63, 3.8) is 0 Å². The number of ether oxygens (including phenoxy) is 1. The molecule has 116 valence electrons. The van der Waals surface area contributed by atoms with Crippen LogP contribution in [0.5, 0.6) is 0 Å². The number of rotatable bonds is 5. The van der Waals surface area contributed by atoms with E-state index in [4.69, 9.17) is 4.74 Å². The third kappa shape index (κ3) is 7.27. The molecule has 1 N–H and O–H groups in total. The highest BCUT2D eigenvalue weighted by atomic mass is 79.9. The van der Waals surface area contributed by atoms with Gasteiger partial charge in [0, 0.05) is 10.9 Å². The van der Waals surface area contributed by atoms with E-state index in [-0.39, 0.29) is 30.8 Å². The van der Waals surface area contributed by atoms with Crippen molar-refractivity contribution in [2.24, 2.45) is 0 Å². The number of amides is 1. The van der Waals surface area contributed by atoms with Gasteiger partial charge in [-0.15, -0.1) is 0 Å². The minimum Gasteiger partial charge on any atom is -0.460 e. The summed E-state index contributed by atoms with van der Waals surface area (Å²) in [5, 5.41) is 2.87. The lowest BCUT2D eigenvalue weighted by Crippen LogP contribution is -2.28. The lowest BCUT2D eigenvalue weighted by molar-refractivity contribution is -0.155. The molecule has 1 rings (SSSR count). The second kappa shape index (κ2) is 7.59. The number of benzene rings is 1. The van der Waals surface area contributed by atoms with Gasteiger partial charge in [-0.1, -0.05) is 28.1 Å². The Morgan fingerprint density at radius 3 is 2.52 bits per heavy atom. The van der Waals surface area contributed by atoms with Crippen LogP contribution in [-0.2, 0) is 14.3 Å². The van der Waals surface area contributed by atoms with Gasteiger partial charge >= 0.3 is 5.97 Å². The van der Waals surface area contributed by atoms with Crippen LogP contribution in [0.4, 0.5) is 0 Å². The lowest BCUT2D eigenvalue weighted by Gasteiger charge is -2.19. The van der Waals surface area contributed by atoms with Crippen LogP contribution in [0.15, 0.2) is 28.7 Å². The molecular weight excluding hydrogens is 334 g/mol. The summed E-state index contributed by atoms with van der Waals surface area (Å²) in [7, 11) is 0. The van der Waals surface area contributed by atoms with E-state index < -0.39 is 5.60 Å². The van der Waals surface area contributed by atoms with E-state index >= 15 is 0 Å². The monoisotopic (exact) mass is 355 g/mol. The van der Waals surface area contributed by atoms with E-state index in [1.54, 1.807) is 20.8 Å². The van der Waals surface area contributed by atoms with Gasteiger partial charge < -0.3 is 10.1 Å². The molecule has 0 aromatic heterocycles. The van der Waals surface area contributed by atoms with Crippen LogP contribution in [0.2, 0.25) is 0 Å². The molecule has 4 nitrogen and oxygen atoms in total. The molecule has 0 heterocycles. The number of carbonyl (C=O) groups is 2. The van der Waals surface area contributed by atoms with Crippen LogP contribution in [0.25, 0.3) is 0 Å². The Kier molecular flexibility index (Phi) is 6.40. The maximum absolute atomic E-state index is 11.9. The summed E-state index contributed by atoms with van der Waals surface area (Å²) < 4.78 is 6.14. The molecule has 0 aliphatic heterocycles. The summed E-state index contributed by atoms with van der Waals surface area (Å²) in [5.74, 6) is -0.513. The average molecular weight is 356 g/mol. The van der Waals surface area contributed by atoms with E-state index in [1.807, 2.05) is 31.2 Å². The third-order valence-electron chi connectivity index (χ3n) is 2.70. The molecule has 1 aromatic rings. The van der Waals surface area contributed by atoms with Crippen LogP contribution in [0, 0.1) is 0 Å². The molecule has 0 aliphatic rings. The predicted octanol–water partition coefficient (Wildman–Crippen LogP) is 3.75. The largest absolute Gasteiger partial charge is 0.460 e. The Morgan fingerprint density at radius 2 is 1.95 bits per heavy atom. The summed E-state index contributed by atoms with van der Waals surface area (Å²) in [5.41, 5.74) is 0.493. The fourth-order valence-corrected chi connectivity index (χ4v) is 2.20. The highest BCUT2D eigenvalue weighted by Crippen LogP contribution is 2.18. The van der Waals surface area contributed by atoms with Gasteiger partial charge in [-0.3, -0.25) is 9.59 Å². The first-order chi connectivity index (χ1) is 9.67. The standard InChI is InChI=1S/C16H22BrNO3/c1-11(12-6-5-7-13(17)10-12)18-14(19)8-9-15(20)21-16(2,3)4/h5-7,10-11H,8-9H2,1-4H3,(H,18,19). The number of nitrogens with one attached hydrogen (secondary N) is 1. The van der Waals surface area contributed by atoms with Crippen molar-refractivity contribution in [1.29, 1.82) is 0 Å². The maximum Gasteiger partial charge on any atom is 0.306 e. The maximum atomic E-state index is 11.9. The van der Waals surface area contributed by atoms with Crippen molar-refractivity contribution in [2.45, 2.75) is 52.2 Å². The molecule has 0 saturated heterocycles. The van der Waals surface area contributed by atoms with Gasteiger partial charge in [0.15, 0.2) is 0 Å². The van der Waals surface area contributed by atoms with Gasteiger partial charge in [0.25, 0.3) is 0 Å². The van der Waals surface area contributed by atoms with Crippen molar-refractivity contribution in [1.82, 2.24) is 5.32 Å². The minimum atomic E-state index is -0.517. The predicted molar refractivity (Wildman–Crippen MR) is 85.8 cm³/mol. The SMILES string of the molecule is CC(NC(=O)CCC(=O)OC(C)(C)C)c1cccc(Br)c1. The van der Waals surface area contributed by atoms with E-state index in [0.29, 0.717) is 0 Å². The molecular formula is C16H22BrNO3. The molecule has 0 fully saturated rings. The first kappa shape index (κ1) is 17.7. The minimum absolute atomic E-state index is 0.0916. The topological polar surface area (TPSA) is 55.4 Å². The van der Waals surface area contributed by atoms with Gasteiger partial charge in [0.1, 0.15) is 5.60 Å². The zero-order valence-corrected chi connectivity index (χ0v) is 14.5. The first-order valence-corrected chi connectivity index (χ1v) is 7.73. The fraction of sp³-hybridized carbons (Fsp3) is 0.500. The molecule has 5 heteroatoms. The molecule has 0 spiro atoms. The second-order valence-electron chi connectivity index (χ2n) is 5.93. The van der Waals surface area contributed by atoms with E-state index in [9.17, 15) is 9.59 Å². The zero-order valence-electron chi connectivity index (χ0n) is 12.9. The first-order valence-electron chi connectivity index (χ1n) is 6.94. The number of halogens is 1. The lowest BCUT2D eigenvalue weighted by atomic mass is 10.1. The van der Waals surface area contributed by atoms with Crippen molar-refractivity contribution in [3.8, 4) is 0 Å². The summed E-state index contributed by atoms with van der Waals surface area (Å²) in [6.45, 7) is 7.33. The highest BCUT2D eigenvalue weighted by Gasteiger charge is 2.17. The van der Waals surface area contributed by atoms with Crippen LogP contribution in [-0.4, -0.2) is 17.5 Å². The van der Waals surface area contributed by atoms with Gasteiger partial charge in [0.05, 0.1) is 12.5 Å². The quantitative estimate of drug-likeness (QED) is 0.818. The van der Waals surface area contributed by atoms with E-state index in [1.165, 1.54) is 0 Å². The van der Waals surface area contributed by atoms with Gasteiger partial charge in [0.2, 0.25) is 5.91 Å². The van der Waals surface area contributed by atoms with E-state index in [0.717, 1.165) is 10.0 Å². The number of hydrogen-bond acceptors (Lipinski definition) is 3. The molecule has 0 saturated carbocycles. The smallest absolute Gasteiger partial charge is 0.306 e. The van der Waals surface area contributed by atoms with Crippen LogP contribution in [0.1, 0.15) is 52.1 Å².